The van der Waals surface area contributed by atoms with Crippen LogP contribution < -0.4 is 10.6 Å². The largest absolute Gasteiger partial charge is 0.396 e. The van der Waals surface area contributed by atoms with Crippen LogP contribution in [-0.4, -0.2) is 69.5 Å². The Bertz CT molecular complexity index is 765. The fraction of sp³-hybridized carbons (Fsp3) is 0.875. The predicted molar refractivity (Wildman–Crippen MR) is 127 cm³/mol. The van der Waals surface area contributed by atoms with E-state index in [-0.39, 0.29) is 40.9 Å². The third-order valence-corrected chi connectivity index (χ3v) is 9.36. The number of aliphatic hydroxyl groups is 1. The van der Waals surface area contributed by atoms with E-state index in [1.54, 1.807) is 23.7 Å². The van der Waals surface area contributed by atoms with Crippen LogP contribution in [0.25, 0.3) is 0 Å². The maximum absolute atomic E-state index is 13.9. The molecule has 3 saturated heterocycles. The van der Waals surface area contributed by atoms with Crippen molar-refractivity contribution in [1.29, 1.82) is 0 Å². The molecule has 0 aliphatic carbocycles. The molecule has 0 radical (unpaired) electrons. The number of rotatable bonds is 8. The number of nitrogens with one attached hydrogen (secondary N) is 2. The molecule has 32 heavy (non-hydrogen) atoms. The number of fused-ring (bicyclic) bond motifs is 1. The molecule has 182 valence electrons. The van der Waals surface area contributed by atoms with Crippen molar-refractivity contribution in [3.8, 4) is 0 Å². The number of hydrogen-bond donors (Lipinski definition) is 3. The molecule has 3 amide bonds. The van der Waals surface area contributed by atoms with Gasteiger partial charge in [0.05, 0.1) is 16.6 Å². The Morgan fingerprint density at radius 2 is 1.84 bits per heavy atom. The van der Waals surface area contributed by atoms with Gasteiger partial charge in [0.15, 0.2) is 0 Å². The third kappa shape index (κ3) is 4.29. The Hall–Kier alpha value is -1.28. The van der Waals surface area contributed by atoms with Crippen molar-refractivity contribution in [3.63, 3.8) is 0 Å². The Morgan fingerprint density at radius 1 is 1.19 bits per heavy atom. The van der Waals surface area contributed by atoms with Gasteiger partial charge in [0.25, 0.3) is 0 Å². The average Bonchev–Trinajstić information content (AvgIpc) is 3.23. The standard InChI is InChI=1S/C24H41N3O4S/c1-14-12-15-16(19(29)25-7)17-21(31)27(10-8-9-11-28)18(24(14,17)32-15)20(30)26-23(5,6)13-22(2,3)4/h14-18,28H,8-13H2,1-7H3,(H,25,29)(H,26,30)/t14?,15-,16+,17+,18?,24?/m1/s1. The Kier molecular flexibility index (Phi) is 6.99. The lowest BCUT2D eigenvalue weighted by Crippen LogP contribution is -2.60. The summed E-state index contributed by atoms with van der Waals surface area (Å²) in [5.74, 6) is -0.995. The van der Waals surface area contributed by atoms with Gasteiger partial charge in [0, 0.05) is 31.0 Å². The van der Waals surface area contributed by atoms with Crippen LogP contribution >= 0.6 is 11.8 Å². The molecule has 0 saturated carbocycles. The quantitative estimate of drug-likeness (QED) is 0.475. The van der Waals surface area contributed by atoms with Gasteiger partial charge in [-0.2, -0.15) is 0 Å². The molecule has 2 bridgehead atoms. The normalized spacial score (nSPS) is 34.1. The van der Waals surface area contributed by atoms with Gasteiger partial charge >= 0.3 is 0 Å². The van der Waals surface area contributed by atoms with E-state index < -0.39 is 28.2 Å². The number of likely N-dealkylation sites (tertiary alicyclic amines) is 1. The summed E-state index contributed by atoms with van der Waals surface area (Å²) in [6.45, 7) is 13.1. The number of unbranched alkanes of at least 4 members (excludes halogenated alkanes) is 1. The van der Waals surface area contributed by atoms with Gasteiger partial charge in [0.2, 0.25) is 17.7 Å². The molecule has 7 nitrogen and oxygen atoms in total. The van der Waals surface area contributed by atoms with Crippen LogP contribution in [0.5, 0.6) is 0 Å². The van der Waals surface area contributed by atoms with E-state index in [2.05, 4.69) is 38.3 Å². The number of aliphatic hydroxyl groups excluding tert-OH is 1. The summed E-state index contributed by atoms with van der Waals surface area (Å²) in [7, 11) is 1.62. The fourth-order valence-corrected chi connectivity index (χ4v) is 9.12. The molecular formula is C24H41N3O4S. The van der Waals surface area contributed by atoms with Gasteiger partial charge in [-0.05, 0) is 50.9 Å². The molecule has 0 aromatic rings. The summed E-state index contributed by atoms with van der Waals surface area (Å²) in [4.78, 5) is 42.1. The van der Waals surface area contributed by atoms with Gasteiger partial charge in [-0.25, -0.2) is 0 Å². The highest BCUT2D eigenvalue weighted by atomic mass is 32.2. The lowest BCUT2D eigenvalue weighted by Gasteiger charge is -2.41. The predicted octanol–water partition coefficient (Wildman–Crippen LogP) is 2.17. The van der Waals surface area contributed by atoms with E-state index >= 15 is 0 Å². The topological polar surface area (TPSA) is 98.7 Å². The number of thioether (sulfide) groups is 1. The first-order valence-corrected chi connectivity index (χ1v) is 12.8. The zero-order valence-electron chi connectivity index (χ0n) is 20.7. The lowest BCUT2D eigenvalue weighted by atomic mass is 9.65. The Morgan fingerprint density at radius 3 is 2.41 bits per heavy atom. The van der Waals surface area contributed by atoms with Crippen molar-refractivity contribution in [2.75, 3.05) is 20.2 Å². The molecule has 1 spiro atoms. The van der Waals surface area contributed by atoms with Crippen molar-refractivity contribution < 1.29 is 19.5 Å². The van der Waals surface area contributed by atoms with Crippen LogP contribution in [0.3, 0.4) is 0 Å². The van der Waals surface area contributed by atoms with E-state index in [0.717, 1.165) is 12.8 Å². The van der Waals surface area contributed by atoms with E-state index in [1.807, 2.05) is 13.8 Å². The van der Waals surface area contributed by atoms with Gasteiger partial charge in [-0.15, -0.1) is 11.8 Å². The van der Waals surface area contributed by atoms with Gasteiger partial charge in [0.1, 0.15) is 6.04 Å². The maximum Gasteiger partial charge on any atom is 0.244 e. The summed E-state index contributed by atoms with van der Waals surface area (Å²) in [5, 5.41) is 15.3. The minimum Gasteiger partial charge on any atom is -0.396 e. The minimum absolute atomic E-state index is 0.0437. The van der Waals surface area contributed by atoms with Crippen LogP contribution in [-0.2, 0) is 14.4 Å². The van der Waals surface area contributed by atoms with Crippen LogP contribution in [0.4, 0.5) is 0 Å². The summed E-state index contributed by atoms with van der Waals surface area (Å²) >= 11 is 1.70. The smallest absolute Gasteiger partial charge is 0.244 e. The summed E-state index contributed by atoms with van der Waals surface area (Å²) in [6, 6.07) is -0.599. The molecule has 0 aromatic heterocycles. The molecule has 3 unspecified atom stereocenters. The van der Waals surface area contributed by atoms with Crippen LogP contribution in [0, 0.1) is 23.2 Å². The second-order valence-electron chi connectivity index (χ2n) is 11.7. The van der Waals surface area contributed by atoms with Gasteiger partial charge in [-0.1, -0.05) is 27.7 Å². The summed E-state index contributed by atoms with van der Waals surface area (Å²) in [5.41, 5.74) is -0.378. The van der Waals surface area contributed by atoms with Gasteiger partial charge in [-0.3, -0.25) is 14.4 Å². The molecular weight excluding hydrogens is 426 g/mol. The summed E-state index contributed by atoms with van der Waals surface area (Å²) in [6.07, 6.45) is 2.86. The Balaban J connectivity index is 1.98. The fourth-order valence-electron chi connectivity index (χ4n) is 6.69. The summed E-state index contributed by atoms with van der Waals surface area (Å²) < 4.78 is -0.583. The molecule has 3 heterocycles. The van der Waals surface area contributed by atoms with Gasteiger partial charge < -0.3 is 20.6 Å². The molecule has 3 aliphatic rings. The van der Waals surface area contributed by atoms with E-state index in [4.69, 9.17) is 0 Å². The molecule has 3 aliphatic heterocycles. The third-order valence-electron chi connectivity index (χ3n) is 7.28. The minimum atomic E-state index is -0.599. The number of carbonyl (C=O) groups excluding carboxylic acids is 3. The van der Waals surface area contributed by atoms with E-state index in [1.165, 1.54) is 0 Å². The molecule has 8 heteroatoms. The molecule has 3 fully saturated rings. The molecule has 3 rings (SSSR count). The van der Waals surface area contributed by atoms with Crippen molar-refractivity contribution in [2.45, 2.75) is 88.8 Å². The first-order chi connectivity index (χ1) is 14.8. The number of carbonyl (C=O) groups is 3. The number of amides is 3. The zero-order valence-corrected chi connectivity index (χ0v) is 21.5. The van der Waals surface area contributed by atoms with Crippen LogP contribution in [0.15, 0.2) is 0 Å². The van der Waals surface area contributed by atoms with Crippen molar-refractivity contribution in [1.82, 2.24) is 15.5 Å². The first-order valence-electron chi connectivity index (χ1n) is 11.9. The first kappa shape index (κ1) is 25.3. The molecule has 3 N–H and O–H groups in total. The number of nitrogens with zero attached hydrogens (tertiary/aromatic N) is 1. The zero-order chi connectivity index (χ0) is 24.1. The van der Waals surface area contributed by atoms with Crippen molar-refractivity contribution in [3.05, 3.63) is 0 Å². The van der Waals surface area contributed by atoms with Crippen LogP contribution in [0.1, 0.15) is 67.2 Å². The highest BCUT2D eigenvalue weighted by Crippen LogP contribution is 2.68. The van der Waals surface area contributed by atoms with E-state index in [0.29, 0.717) is 19.4 Å². The average molecular weight is 468 g/mol. The van der Waals surface area contributed by atoms with Crippen molar-refractivity contribution >= 4 is 29.5 Å². The second-order valence-corrected chi connectivity index (χ2v) is 13.3. The SMILES string of the molecule is CNC(=O)[C@@H]1[C@H]2C(=O)N(CCCCO)C(C(=O)NC(C)(C)CC(C)(C)C)C23S[C@@H]1CC3C. The van der Waals surface area contributed by atoms with Crippen molar-refractivity contribution in [2.24, 2.45) is 23.2 Å². The highest BCUT2D eigenvalue weighted by Gasteiger charge is 2.75. The number of hydrogen-bond acceptors (Lipinski definition) is 5. The Labute approximate surface area is 196 Å². The molecule has 0 aromatic carbocycles. The van der Waals surface area contributed by atoms with E-state index in [9.17, 15) is 19.5 Å². The monoisotopic (exact) mass is 467 g/mol. The lowest BCUT2D eigenvalue weighted by molar-refractivity contribution is -0.140. The molecule has 6 atom stereocenters. The highest BCUT2D eigenvalue weighted by molar-refractivity contribution is 8.02. The van der Waals surface area contributed by atoms with Crippen LogP contribution in [0.2, 0.25) is 0 Å². The second kappa shape index (κ2) is 8.82. The maximum atomic E-state index is 13.9.